The van der Waals surface area contributed by atoms with Crippen molar-refractivity contribution in [2.24, 2.45) is 5.92 Å². The van der Waals surface area contributed by atoms with Crippen molar-refractivity contribution in [1.29, 1.82) is 0 Å². The van der Waals surface area contributed by atoms with E-state index in [0.29, 0.717) is 6.54 Å². The lowest BCUT2D eigenvalue weighted by Crippen LogP contribution is -2.44. The number of ether oxygens (including phenoxy) is 1. The lowest BCUT2D eigenvalue weighted by molar-refractivity contribution is 0.0442. The number of nitrogens with one attached hydrogen (secondary N) is 1. The van der Waals surface area contributed by atoms with E-state index < -0.39 is 6.10 Å². The summed E-state index contributed by atoms with van der Waals surface area (Å²) in [5.74, 6) is 1.06. The molecule has 0 amide bonds. The van der Waals surface area contributed by atoms with E-state index in [1.54, 1.807) is 11.3 Å². The van der Waals surface area contributed by atoms with E-state index in [2.05, 4.69) is 12.2 Å². The first-order valence-corrected chi connectivity index (χ1v) is 10.2. The number of aryl methyl sites for hydroxylation is 2. The molecule has 2 N–H and O–H groups in total. The van der Waals surface area contributed by atoms with E-state index in [9.17, 15) is 9.90 Å². The van der Waals surface area contributed by atoms with Gasteiger partial charge in [-0.15, -0.1) is 23.7 Å². The van der Waals surface area contributed by atoms with Crippen molar-refractivity contribution in [2.75, 3.05) is 6.54 Å². The molecule has 4 atom stereocenters. The molecule has 1 aromatic carbocycles. The Hall–Kier alpha value is -1.40. The number of carbonyl (C=O) groups excluding carboxylic acids is 1. The Labute approximate surface area is 170 Å². The van der Waals surface area contributed by atoms with Crippen LogP contribution in [0.3, 0.4) is 0 Å². The van der Waals surface area contributed by atoms with Crippen LogP contribution in [0, 0.1) is 12.8 Å². The summed E-state index contributed by atoms with van der Waals surface area (Å²) in [5.41, 5.74) is 0.919. The maximum Gasteiger partial charge on any atom is 0.168 e. The molecule has 1 saturated carbocycles. The molecule has 1 unspecified atom stereocenters. The number of halogens is 1. The quantitative estimate of drug-likeness (QED) is 0.791. The van der Waals surface area contributed by atoms with Gasteiger partial charge in [0.05, 0.1) is 0 Å². The van der Waals surface area contributed by atoms with Gasteiger partial charge in [-0.2, -0.15) is 0 Å². The van der Waals surface area contributed by atoms with E-state index in [0.717, 1.165) is 37.0 Å². The van der Waals surface area contributed by atoms with E-state index >= 15 is 0 Å². The third-order valence-corrected chi connectivity index (χ3v) is 6.61. The van der Waals surface area contributed by atoms with Crippen LogP contribution in [0.2, 0.25) is 0 Å². The second-order valence-electron chi connectivity index (χ2n) is 7.35. The summed E-state index contributed by atoms with van der Waals surface area (Å²) >= 11 is 1.74. The van der Waals surface area contributed by atoms with Gasteiger partial charge in [0.15, 0.2) is 5.78 Å². The van der Waals surface area contributed by atoms with Crippen molar-refractivity contribution in [3.63, 3.8) is 0 Å². The summed E-state index contributed by atoms with van der Waals surface area (Å²) in [7, 11) is 0. The summed E-state index contributed by atoms with van der Waals surface area (Å²) < 4.78 is 5.92. The molecule has 0 saturated heterocycles. The molecule has 0 bridgehead atoms. The minimum absolute atomic E-state index is 0. The first-order chi connectivity index (χ1) is 12.6. The van der Waals surface area contributed by atoms with E-state index in [1.165, 1.54) is 9.75 Å². The number of fused-ring (bicyclic) bond motifs is 1. The van der Waals surface area contributed by atoms with Crippen LogP contribution in [0.4, 0.5) is 0 Å². The summed E-state index contributed by atoms with van der Waals surface area (Å²) in [4.78, 5) is 15.2. The van der Waals surface area contributed by atoms with Crippen LogP contribution in [0.1, 0.15) is 39.4 Å². The average Bonchev–Trinajstić information content (AvgIpc) is 3.19. The Morgan fingerprint density at radius 1 is 1.22 bits per heavy atom. The van der Waals surface area contributed by atoms with Crippen molar-refractivity contribution >= 4 is 29.5 Å². The van der Waals surface area contributed by atoms with Crippen LogP contribution < -0.4 is 10.1 Å². The summed E-state index contributed by atoms with van der Waals surface area (Å²) in [6.07, 6.45) is 2.82. The summed E-state index contributed by atoms with van der Waals surface area (Å²) in [6, 6.07) is 11.7. The molecule has 1 heterocycles. The molecular weight excluding hydrogens is 382 g/mol. The molecule has 1 aromatic heterocycles. The van der Waals surface area contributed by atoms with Crippen LogP contribution in [-0.2, 0) is 6.42 Å². The Balaban J connectivity index is 0.00000210. The molecule has 146 valence electrons. The van der Waals surface area contributed by atoms with Gasteiger partial charge >= 0.3 is 0 Å². The fourth-order valence-corrected chi connectivity index (χ4v) is 5.13. The molecule has 2 aliphatic rings. The molecule has 2 aromatic rings. The van der Waals surface area contributed by atoms with Crippen LogP contribution in [0.15, 0.2) is 36.4 Å². The van der Waals surface area contributed by atoms with Crippen molar-refractivity contribution in [1.82, 2.24) is 5.32 Å². The fourth-order valence-electron chi connectivity index (χ4n) is 4.07. The Kier molecular flexibility index (Phi) is 6.58. The number of hydrogen-bond acceptors (Lipinski definition) is 5. The first kappa shape index (κ1) is 20.3. The predicted molar refractivity (Wildman–Crippen MR) is 110 cm³/mol. The van der Waals surface area contributed by atoms with Gasteiger partial charge in [-0.05, 0) is 50.8 Å². The van der Waals surface area contributed by atoms with Gasteiger partial charge in [0.2, 0.25) is 0 Å². The smallest absolute Gasteiger partial charge is 0.168 e. The molecule has 1 fully saturated rings. The highest BCUT2D eigenvalue weighted by molar-refractivity contribution is 7.12. The molecule has 2 aliphatic carbocycles. The third kappa shape index (κ3) is 4.37. The van der Waals surface area contributed by atoms with Crippen molar-refractivity contribution < 1.29 is 14.6 Å². The van der Waals surface area contributed by atoms with Gasteiger partial charge in [0.1, 0.15) is 18.0 Å². The van der Waals surface area contributed by atoms with Crippen LogP contribution >= 0.6 is 23.7 Å². The summed E-state index contributed by atoms with van der Waals surface area (Å²) in [6.45, 7) is 2.69. The number of aliphatic hydroxyl groups is 1. The normalized spacial score (nSPS) is 27.1. The number of thiophene rings is 1. The first-order valence-electron chi connectivity index (χ1n) is 9.38. The number of para-hydroxylation sites is 1. The standard InChI is InChI=1S/C21H25NO3S.ClH/c1-13-11-16-19(26-13)10-7-14(20(16)23)12-22-17-8-9-18(21(17)24)25-15-5-3-2-4-6-15;/h2-6,11,14,17-18,21-22,24H,7-10,12H2,1H3;1H/t14?,17-,18-,21-;/m1./s1. The zero-order chi connectivity index (χ0) is 18.1. The van der Waals surface area contributed by atoms with Gasteiger partial charge in [-0.25, -0.2) is 0 Å². The molecular formula is C21H26ClNO3S. The molecule has 4 rings (SSSR count). The van der Waals surface area contributed by atoms with Crippen molar-refractivity contribution in [3.05, 3.63) is 51.7 Å². The number of Topliss-reactive ketones (excluding diaryl/α,β-unsaturated/α-hetero) is 1. The number of rotatable bonds is 5. The highest BCUT2D eigenvalue weighted by atomic mass is 35.5. The maximum atomic E-state index is 12.7. The topological polar surface area (TPSA) is 58.6 Å². The molecule has 4 nitrogen and oxygen atoms in total. The maximum absolute atomic E-state index is 12.7. The lowest BCUT2D eigenvalue weighted by atomic mass is 9.87. The van der Waals surface area contributed by atoms with Gasteiger partial charge < -0.3 is 15.2 Å². The van der Waals surface area contributed by atoms with E-state index in [4.69, 9.17) is 4.74 Å². The van der Waals surface area contributed by atoms with E-state index in [1.807, 2.05) is 36.4 Å². The zero-order valence-electron chi connectivity index (χ0n) is 15.4. The SMILES string of the molecule is Cc1cc2c(s1)CCC(CN[C@@H]1CC[C@@H](Oc3ccccc3)[C@@H]1O)C2=O.Cl. The monoisotopic (exact) mass is 407 g/mol. The Morgan fingerprint density at radius 3 is 2.78 bits per heavy atom. The van der Waals surface area contributed by atoms with Gasteiger partial charge in [0.25, 0.3) is 0 Å². The molecule has 0 radical (unpaired) electrons. The third-order valence-electron chi connectivity index (χ3n) is 5.50. The predicted octanol–water partition coefficient (Wildman–Crippen LogP) is 3.78. The van der Waals surface area contributed by atoms with Crippen LogP contribution in [0.25, 0.3) is 0 Å². The lowest BCUT2D eigenvalue weighted by Gasteiger charge is -2.25. The fraction of sp³-hybridized carbons (Fsp3) is 0.476. The molecule has 27 heavy (non-hydrogen) atoms. The number of aliphatic hydroxyl groups excluding tert-OH is 1. The molecule has 0 aliphatic heterocycles. The molecule has 6 heteroatoms. The van der Waals surface area contributed by atoms with Crippen molar-refractivity contribution in [2.45, 2.75) is 50.9 Å². The second-order valence-corrected chi connectivity index (χ2v) is 8.69. The van der Waals surface area contributed by atoms with E-state index in [-0.39, 0.29) is 36.3 Å². The highest BCUT2D eigenvalue weighted by Gasteiger charge is 2.37. The van der Waals surface area contributed by atoms with Gasteiger partial charge in [0, 0.05) is 33.8 Å². The number of carbonyl (C=O) groups is 1. The van der Waals surface area contributed by atoms with Crippen LogP contribution in [0.5, 0.6) is 5.75 Å². The van der Waals surface area contributed by atoms with Crippen molar-refractivity contribution in [3.8, 4) is 5.75 Å². The van der Waals surface area contributed by atoms with Gasteiger partial charge in [-0.3, -0.25) is 4.79 Å². The Bertz CT molecular complexity index is 779. The van der Waals surface area contributed by atoms with Crippen LogP contribution in [-0.4, -0.2) is 35.7 Å². The number of hydrogen-bond donors (Lipinski definition) is 2. The van der Waals surface area contributed by atoms with Gasteiger partial charge in [-0.1, -0.05) is 18.2 Å². The largest absolute Gasteiger partial charge is 0.488 e. The number of ketones is 1. The highest BCUT2D eigenvalue weighted by Crippen LogP contribution is 2.32. The molecule has 0 spiro atoms. The Morgan fingerprint density at radius 2 is 2.00 bits per heavy atom. The minimum atomic E-state index is -0.548. The number of benzene rings is 1. The second kappa shape index (κ2) is 8.74. The average molecular weight is 408 g/mol. The zero-order valence-corrected chi connectivity index (χ0v) is 17.0. The minimum Gasteiger partial charge on any atom is -0.488 e. The summed E-state index contributed by atoms with van der Waals surface area (Å²) in [5, 5.41) is 14.0.